The van der Waals surface area contributed by atoms with Crippen molar-refractivity contribution in [1.82, 2.24) is 4.98 Å². The van der Waals surface area contributed by atoms with E-state index in [1.54, 1.807) is 19.2 Å². The molecule has 0 atom stereocenters. The van der Waals surface area contributed by atoms with Gasteiger partial charge in [-0.3, -0.25) is 0 Å². The van der Waals surface area contributed by atoms with Crippen molar-refractivity contribution in [2.75, 3.05) is 31.7 Å². The number of ether oxygens (including phenoxy) is 1. The summed E-state index contributed by atoms with van der Waals surface area (Å²) >= 11 is 0. The summed E-state index contributed by atoms with van der Waals surface area (Å²) in [5.41, 5.74) is 0.204. The van der Waals surface area contributed by atoms with Crippen LogP contribution >= 0.6 is 0 Å². The zero-order chi connectivity index (χ0) is 13.5. The Morgan fingerprint density at radius 3 is 2.67 bits per heavy atom. The standard InChI is InChI=1S/C13H20N2O3/c1-10(2)9-15(6-7-18-3)12-5-4-11(8-14-12)13(16)17/h4-5,8,10H,6-7,9H2,1-3H3,(H,16,17). The number of hydrogen-bond donors (Lipinski definition) is 1. The highest BCUT2D eigenvalue weighted by Gasteiger charge is 2.11. The van der Waals surface area contributed by atoms with Crippen LogP contribution in [0, 0.1) is 5.92 Å². The number of carbonyl (C=O) groups is 1. The lowest BCUT2D eigenvalue weighted by Crippen LogP contribution is -2.31. The number of carboxylic acid groups (broad SMARTS) is 1. The average Bonchev–Trinajstić information content (AvgIpc) is 2.34. The summed E-state index contributed by atoms with van der Waals surface area (Å²) in [6.07, 6.45) is 1.39. The van der Waals surface area contributed by atoms with Gasteiger partial charge in [0.1, 0.15) is 5.82 Å². The Morgan fingerprint density at radius 2 is 2.22 bits per heavy atom. The predicted octanol–water partition coefficient (Wildman–Crippen LogP) is 1.89. The number of aromatic carboxylic acids is 1. The highest BCUT2D eigenvalue weighted by atomic mass is 16.5. The Labute approximate surface area is 107 Å². The zero-order valence-electron chi connectivity index (χ0n) is 11.1. The van der Waals surface area contributed by atoms with Crippen LogP contribution in [0.1, 0.15) is 24.2 Å². The molecular weight excluding hydrogens is 232 g/mol. The molecule has 0 radical (unpaired) electrons. The predicted molar refractivity (Wildman–Crippen MR) is 70.1 cm³/mol. The van der Waals surface area contributed by atoms with Gasteiger partial charge in [0.25, 0.3) is 0 Å². The van der Waals surface area contributed by atoms with Gasteiger partial charge >= 0.3 is 5.97 Å². The average molecular weight is 252 g/mol. The maximum atomic E-state index is 10.8. The minimum absolute atomic E-state index is 0.204. The van der Waals surface area contributed by atoms with E-state index >= 15 is 0 Å². The molecule has 1 heterocycles. The van der Waals surface area contributed by atoms with E-state index in [1.165, 1.54) is 6.20 Å². The Balaban J connectivity index is 2.80. The van der Waals surface area contributed by atoms with Crippen molar-refractivity contribution in [3.8, 4) is 0 Å². The van der Waals surface area contributed by atoms with E-state index < -0.39 is 5.97 Å². The fourth-order valence-corrected chi connectivity index (χ4v) is 1.64. The van der Waals surface area contributed by atoms with Crippen LogP contribution in [0.4, 0.5) is 5.82 Å². The van der Waals surface area contributed by atoms with Gasteiger partial charge in [-0.2, -0.15) is 0 Å². The van der Waals surface area contributed by atoms with Crippen molar-refractivity contribution in [3.63, 3.8) is 0 Å². The van der Waals surface area contributed by atoms with Crippen LogP contribution < -0.4 is 4.90 Å². The third-order valence-electron chi connectivity index (χ3n) is 2.47. The molecule has 0 spiro atoms. The first kappa shape index (κ1) is 14.4. The van der Waals surface area contributed by atoms with Crippen molar-refractivity contribution in [1.29, 1.82) is 0 Å². The molecule has 5 nitrogen and oxygen atoms in total. The number of anilines is 1. The first-order valence-electron chi connectivity index (χ1n) is 5.97. The minimum atomic E-state index is -0.957. The largest absolute Gasteiger partial charge is 0.478 e. The Morgan fingerprint density at radius 1 is 1.50 bits per heavy atom. The second-order valence-electron chi connectivity index (χ2n) is 4.54. The smallest absolute Gasteiger partial charge is 0.337 e. The number of pyridine rings is 1. The molecule has 1 aromatic rings. The van der Waals surface area contributed by atoms with E-state index in [1.807, 2.05) is 0 Å². The van der Waals surface area contributed by atoms with E-state index in [0.29, 0.717) is 12.5 Å². The number of aromatic nitrogens is 1. The van der Waals surface area contributed by atoms with Crippen molar-refractivity contribution in [2.45, 2.75) is 13.8 Å². The van der Waals surface area contributed by atoms with Gasteiger partial charge < -0.3 is 14.7 Å². The SMILES string of the molecule is COCCN(CC(C)C)c1ccc(C(=O)O)cn1. The molecule has 1 rings (SSSR count). The van der Waals surface area contributed by atoms with Gasteiger partial charge in [-0.25, -0.2) is 9.78 Å². The Hall–Kier alpha value is -1.62. The number of carboxylic acids is 1. The second kappa shape index (κ2) is 6.96. The van der Waals surface area contributed by atoms with Crippen LogP contribution in [0.3, 0.4) is 0 Å². The summed E-state index contributed by atoms with van der Waals surface area (Å²) in [5, 5.41) is 8.83. The van der Waals surface area contributed by atoms with Gasteiger partial charge in [-0.15, -0.1) is 0 Å². The molecule has 0 aromatic carbocycles. The molecule has 0 aliphatic carbocycles. The van der Waals surface area contributed by atoms with Gasteiger partial charge in [-0.1, -0.05) is 13.8 Å². The molecule has 0 saturated heterocycles. The molecule has 0 unspecified atom stereocenters. The van der Waals surface area contributed by atoms with Crippen LogP contribution in [0.15, 0.2) is 18.3 Å². The number of methoxy groups -OCH3 is 1. The van der Waals surface area contributed by atoms with Gasteiger partial charge in [0.05, 0.1) is 12.2 Å². The highest BCUT2D eigenvalue weighted by Crippen LogP contribution is 2.13. The molecule has 0 fully saturated rings. The third-order valence-corrected chi connectivity index (χ3v) is 2.47. The van der Waals surface area contributed by atoms with Crippen molar-refractivity contribution in [3.05, 3.63) is 23.9 Å². The topological polar surface area (TPSA) is 62.7 Å². The first-order valence-corrected chi connectivity index (χ1v) is 5.97. The summed E-state index contributed by atoms with van der Waals surface area (Å²) in [5.74, 6) is 0.329. The summed E-state index contributed by atoms with van der Waals surface area (Å²) in [6, 6.07) is 3.31. The lowest BCUT2D eigenvalue weighted by atomic mass is 10.2. The van der Waals surface area contributed by atoms with E-state index in [9.17, 15) is 4.79 Å². The number of hydrogen-bond acceptors (Lipinski definition) is 4. The molecule has 0 aliphatic heterocycles. The molecule has 18 heavy (non-hydrogen) atoms. The summed E-state index contributed by atoms with van der Waals surface area (Å²) < 4.78 is 5.07. The second-order valence-corrected chi connectivity index (χ2v) is 4.54. The third kappa shape index (κ3) is 4.33. The molecule has 100 valence electrons. The van der Waals surface area contributed by atoms with Gasteiger partial charge in [-0.05, 0) is 18.1 Å². The van der Waals surface area contributed by atoms with Crippen molar-refractivity contribution in [2.24, 2.45) is 5.92 Å². The maximum Gasteiger partial charge on any atom is 0.337 e. The summed E-state index contributed by atoms with van der Waals surface area (Å²) in [6.45, 7) is 6.49. The molecule has 0 bridgehead atoms. The molecule has 1 N–H and O–H groups in total. The summed E-state index contributed by atoms with van der Waals surface area (Å²) in [7, 11) is 1.66. The number of nitrogens with zero attached hydrogens (tertiary/aromatic N) is 2. The lowest BCUT2D eigenvalue weighted by molar-refractivity contribution is 0.0696. The Bertz CT molecular complexity index is 376. The van der Waals surface area contributed by atoms with Crippen LogP contribution in [-0.2, 0) is 4.74 Å². The molecule has 1 aromatic heterocycles. The number of rotatable bonds is 7. The normalized spacial score (nSPS) is 10.7. The van der Waals surface area contributed by atoms with Crippen LogP contribution in [0.25, 0.3) is 0 Å². The molecular formula is C13H20N2O3. The molecule has 5 heteroatoms. The van der Waals surface area contributed by atoms with Crippen LogP contribution in [-0.4, -0.2) is 42.9 Å². The van der Waals surface area contributed by atoms with Crippen LogP contribution in [0.2, 0.25) is 0 Å². The van der Waals surface area contributed by atoms with Gasteiger partial charge in [0, 0.05) is 26.4 Å². The van der Waals surface area contributed by atoms with Crippen LogP contribution in [0.5, 0.6) is 0 Å². The lowest BCUT2D eigenvalue weighted by Gasteiger charge is -2.25. The minimum Gasteiger partial charge on any atom is -0.478 e. The fraction of sp³-hybridized carbons (Fsp3) is 0.538. The highest BCUT2D eigenvalue weighted by molar-refractivity contribution is 5.87. The van der Waals surface area contributed by atoms with Crippen molar-refractivity contribution < 1.29 is 14.6 Å². The van der Waals surface area contributed by atoms with E-state index in [-0.39, 0.29) is 5.56 Å². The first-order chi connectivity index (χ1) is 8.54. The Kier molecular flexibility index (Phi) is 5.58. The van der Waals surface area contributed by atoms with E-state index in [4.69, 9.17) is 9.84 Å². The maximum absolute atomic E-state index is 10.8. The van der Waals surface area contributed by atoms with E-state index in [2.05, 4.69) is 23.7 Å². The van der Waals surface area contributed by atoms with Gasteiger partial charge in [0.2, 0.25) is 0 Å². The zero-order valence-corrected chi connectivity index (χ0v) is 11.1. The van der Waals surface area contributed by atoms with Gasteiger partial charge in [0.15, 0.2) is 0 Å². The monoisotopic (exact) mass is 252 g/mol. The molecule has 0 aliphatic rings. The fourth-order valence-electron chi connectivity index (χ4n) is 1.64. The summed E-state index contributed by atoms with van der Waals surface area (Å²) in [4.78, 5) is 17.1. The van der Waals surface area contributed by atoms with Crippen molar-refractivity contribution >= 4 is 11.8 Å². The molecule has 0 amide bonds. The quantitative estimate of drug-likeness (QED) is 0.803. The molecule has 0 saturated carbocycles. The van der Waals surface area contributed by atoms with E-state index in [0.717, 1.165) is 18.9 Å².